The van der Waals surface area contributed by atoms with Crippen LogP contribution in [-0.4, -0.2) is 37.3 Å². The molecule has 0 aliphatic carbocycles. The molecule has 0 saturated heterocycles. The lowest BCUT2D eigenvalue weighted by Gasteiger charge is -2.19. The van der Waals surface area contributed by atoms with Crippen molar-refractivity contribution in [1.29, 1.82) is 0 Å². The van der Waals surface area contributed by atoms with Crippen LogP contribution in [0.4, 0.5) is 8.78 Å². The van der Waals surface area contributed by atoms with Gasteiger partial charge in [0.1, 0.15) is 12.2 Å². The van der Waals surface area contributed by atoms with E-state index in [9.17, 15) is 13.6 Å². The SMILES string of the molecule is CC(C)(C)OC(=O)CCCOCC(F)(F)CN. The molecule has 0 aromatic rings. The number of halogens is 2. The highest BCUT2D eigenvalue weighted by Crippen LogP contribution is 2.12. The molecular formula is C11H21F2NO3. The van der Waals surface area contributed by atoms with Crippen molar-refractivity contribution in [1.82, 2.24) is 0 Å². The molecule has 0 bridgehead atoms. The molecule has 0 saturated carbocycles. The van der Waals surface area contributed by atoms with Crippen LogP contribution in [0.5, 0.6) is 0 Å². The van der Waals surface area contributed by atoms with E-state index in [1.165, 1.54) is 0 Å². The first kappa shape index (κ1) is 16.2. The van der Waals surface area contributed by atoms with Crippen LogP contribution in [0, 0.1) is 0 Å². The summed E-state index contributed by atoms with van der Waals surface area (Å²) >= 11 is 0. The Hall–Kier alpha value is -0.750. The van der Waals surface area contributed by atoms with E-state index in [1.54, 1.807) is 20.8 Å². The number of nitrogens with two attached hydrogens (primary N) is 1. The predicted molar refractivity (Wildman–Crippen MR) is 59.9 cm³/mol. The highest BCUT2D eigenvalue weighted by Gasteiger charge is 2.26. The van der Waals surface area contributed by atoms with E-state index in [0.717, 1.165) is 0 Å². The molecule has 0 fully saturated rings. The number of ether oxygens (including phenoxy) is 2. The second-order valence-electron chi connectivity index (χ2n) is 4.80. The molecule has 0 rings (SSSR count). The number of hydrogen-bond donors (Lipinski definition) is 1. The van der Waals surface area contributed by atoms with E-state index >= 15 is 0 Å². The van der Waals surface area contributed by atoms with Gasteiger partial charge in [0.05, 0.1) is 6.54 Å². The number of carbonyl (C=O) groups is 1. The summed E-state index contributed by atoms with van der Waals surface area (Å²) in [4.78, 5) is 11.2. The molecular weight excluding hydrogens is 232 g/mol. The molecule has 17 heavy (non-hydrogen) atoms. The number of alkyl halides is 2. The van der Waals surface area contributed by atoms with Gasteiger partial charge >= 0.3 is 5.97 Å². The third kappa shape index (κ3) is 10.1. The predicted octanol–water partition coefficient (Wildman–Crippen LogP) is 1.72. The summed E-state index contributed by atoms with van der Waals surface area (Å²) in [5.41, 5.74) is 4.31. The molecule has 2 N–H and O–H groups in total. The Kier molecular flexibility index (Phi) is 6.56. The van der Waals surface area contributed by atoms with Crippen molar-refractivity contribution < 1.29 is 23.0 Å². The van der Waals surface area contributed by atoms with Gasteiger partial charge < -0.3 is 15.2 Å². The summed E-state index contributed by atoms with van der Waals surface area (Å²) in [5, 5.41) is 0. The summed E-state index contributed by atoms with van der Waals surface area (Å²) in [7, 11) is 0. The van der Waals surface area contributed by atoms with Gasteiger partial charge in [0.15, 0.2) is 0 Å². The van der Waals surface area contributed by atoms with Gasteiger partial charge in [0.2, 0.25) is 0 Å². The summed E-state index contributed by atoms with van der Waals surface area (Å²) in [6.07, 6.45) is 0.515. The zero-order valence-corrected chi connectivity index (χ0v) is 10.6. The molecule has 0 aliphatic heterocycles. The van der Waals surface area contributed by atoms with Crippen LogP contribution < -0.4 is 5.73 Å². The molecule has 0 radical (unpaired) electrons. The van der Waals surface area contributed by atoms with Crippen molar-refractivity contribution in [3.8, 4) is 0 Å². The van der Waals surface area contributed by atoms with Gasteiger partial charge in [-0.3, -0.25) is 4.79 Å². The second-order valence-corrected chi connectivity index (χ2v) is 4.80. The Balaban J connectivity index is 3.56. The molecule has 0 unspecified atom stereocenters. The number of rotatable bonds is 7. The van der Waals surface area contributed by atoms with Crippen LogP contribution in [0.15, 0.2) is 0 Å². The van der Waals surface area contributed by atoms with Gasteiger partial charge in [-0.1, -0.05) is 0 Å². The lowest BCUT2D eigenvalue weighted by atomic mass is 10.2. The number of carbonyl (C=O) groups excluding carboxylic acids is 1. The molecule has 0 atom stereocenters. The average molecular weight is 253 g/mol. The first-order chi connectivity index (χ1) is 7.66. The Morgan fingerprint density at radius 3 is 2.35 bits per heavy atom. The highest BCUT2D eigenvalue weighted by atomic mass is 19.3. The fourth-order valence-electron chi connectivity index (χ4n) is 0.992. The van der Waals surface area contributed by atoms with Crippen LogP contribution in [0.25, 0.3) is 0 Å². The minimum Gasteiger partial charge on any atom is -0.460 e. The molecule has 0 heterocycles. The lowest BCUT2D eigenvalue weighted by molar-refractivity contribution is -0.155. The van der Waals surface area contributed by atoms with E-state index in [2.05, 4.69) is 0 Å². The smallest absolute Gasteiger partial charge is 0.306 e. The summed E-state index contributed by atoms with van der Waals surface area (Å²) in [6, 6.07) is 0. The Morgan fingerprint density at radius 1 is 1.29 bits per heavy atom. The Morgan fingerprint density at radius 2 is 1.88 bits per heavy atom. The zero-order valence-electron chi connectivity index (χ0n) is 10.6. The topological polar surface area (TPSA) is 61.5 Å². The maximum atomic E-state index is 12.6. The van der Waals surface area contributed by atoms with E-state index in [4.69, 9.17) is 15.2 Å². The summed E-state index contributed by atoms with van der Waals surface area (Å²) in [6.45, 7) is 3.95. The quantitative estimate of drug-likeness (QED) is 0.554. The highest BCUT2D eigenvalue weighted by molar-refractivity contribution is 5.69. The van der Waals surface area contributed by atoms with Crippen molar-refractivity contribution in [3.05, 3.63) is 0 Å². The van der Waals surface area contributed by atoms with Crippen molar-refractivity contribution in [2.75, 3.05) is 19.8 Å². The van der Waals surface area contributed by atoms with E-state index in [0.29, 0.717) is 6.42 Å². The molecule has 0 aliphatic rings. The van der Waals surface area contributed by atoms with E-state index < -0.39 is 24.7 Å². The fourth-order valence-corrected chi connectivity index (χ4v) is 0.992. The van der Waals surface area contributed by atoms with E-state index in [1.807, 2.05) is 0 Å². The molecule has 0 spiro atoms. The van der Waals surface area contributed by atoms with Gasteiger partial charge in [-0.15, -0.1) is 0 Å². The van der Waals surface area contributed by atoms with Crippen molar-refractivity contribution in [2.45, 2.75) is 45.1 Å². The van der Waals surface area contributed by atoms with Crippen LogP contribution in [0.2, 0.25) is 0 Å². The van der Waals surface area contributed by atoms with Crippen LogP contribution >= 0.6 is 0 Å². The third-order valence-corrected chi connectivity index (χ3v) is 1.70. The molecule has 0 aromatic carbocycles. The maximum absolute atomic E-state index is 12.6. The maximum Gasteiger partial charge on any atom is 0.306 e. The van der Waals surface area contributed by atoms with Gasteiger partial charge in [-0.05, 0) is 27.2 Å². The fraction of sp³-hybridized carbons (Fsp3) is 0.909. The lowest BCUT2D eigenvalue weighted by Crippen LogP contribution is -2.33. The average Bonchev–Trinajstić information content (AvgIpc) is 2.14. The third-order valence-electron chi connectivity index (χ3n) is 1.70. The molecule has 0 aromatic heterocycles. The van der Waals surface area contributed by atoms with E-state index in [-0.39, 0.29) is 19.0 Å². The van der Waals surface area contributed by atoms with Crippen LogP contribution in [-0.2, 0) is 14.3 Å². The summed E-state index contributed by atoms with van der Waals surface area (Å²) < 4.78 is 35.0. The van der Waals surface area contributed by atoms with Crippen molar-refractivity contribution in [2.24, 2.45) is 5.73 Å². The van der Waals surface area contributed by atoms with Crippen molar-refractivity contribution >= 4 is 5.97 Å². The van der Waals surface area contributed by atoms with Gasteiger partial charge in [-0.2, -0.15) is 0 Å². The minimum atomic E-state index is -2.99. The second kappa shape index (κ2) is 6.86. The van der Waals surface area contributed by atoms with Gasteiger partial charge in [-0.25, -0.2) is 8.78 Å². The monoisotopic (exact) mass is 253 g/mol. The first-order valence-corrected chi connectivity index (χ1v) is 5.54. The number of esters is 1. The van der Waals surface area contributed by atoms with Crippen LogP contribution in [0.3, 0.4) is 0 Å². The molecule has 6 heteroatoms. The Bertz CT molecular complexity index is 239. The zero-order chi connectivity index (χ0) is 13.5. The molecule has 102 valence electrons. The summed E-state index contributed by atoms with van der Waals surface area (Å²) in [5.74, 6) is -3.35. The molecule has 4 nitrogen and oxygen atoms in total. The largest absolute Gasteiger partial charge is 0.460 e. The van der Waals surface area contributed by atoms with Crippen molar-refractivity contribution in [3.63, 3.8) is 0 Å². The number of hydrogen-bond acceptors (Lipinski definition) is 4. The van der Waals surface area contributed by atoms with Gasteiger partial charge in [0, 0.05) is 13.0 Å². The minimum absolute atomic E-state index is 0.0921. The molecule has 0 amide bonds. The first-order valence-electron chi connectivity index (χ1n) is 5.54. The Labute approximate surface area is 100 Å². The standard InChI is InChI=1S/C11H21F2NO3/c1-10(2,3)17-9(15)5-4-6-16-8-11(12,13)7-14/h4-8,14H2,1-3H3. The van der Waals surface area contributed by atoms with Crippen LogP contribution in [0.1, 0.15) is 33.6 Å². The normalized spacial score (nSPS) is 12.6. The van der Waals surface area contributed by atoms with Gasteiger partial charge in [0.25, 0.3) is 5.92 Å².